The van der Waals surface area contributed by atoms with Crippen LogP contribution in [0.25, 0.3) is 11.0 Å². The number of aliphatic hydroxyl groups is 1. The van der Waals surface area contributed by atoms with Gasteiger partial charge in [0.25, 0.3) is 0 Å². The molecule has 1 aliphatic heterocycles. The van der Waals surface area contributed by atoms with E-state index in [1.54, 1.807) is 12.4 Å². The van der Waals surface area contributed by atoms with Gasteiger partial charge >= 0.3 is 0 Å². The highest BCUT2D eigenvalue weighted by molar-refractivity contribution is 9.10. The molecular weight excluding hydrogens is 439 g/mol. The molecule has 1 fully saturated rings. The van der Waals surface area contributed by atoms with Gasteiger partial charge in [-0.1, -0.05) is 0 Å². The molecule has 3 heterocycles. The first kappa shape index (κ1) is 19.0. The summed E-state index contributed by atoms with van der Waals surface area (Å²) in [6.45, 7) is 3.28. The number of hydrogen-bond donors (Lipinski definition) is 2. The van der Waals surface area contributed by atoms with Crippen molar-refractivity contribution in [1.82, 2.24) is 19.9 Å². The monoisotopic (exact) mass is 460 g/mol. The predicted octanol–water partition coefficient (Wildman–Crippen LogP) is 3.43. The molecule has 5 rings (SSSR count). The van der Waals surface area contributed by atoms with Crippen molar-refractivity contribution in [2.75, 3.05) is 6.54 Å². The number of aliphatic hydroxyl groups excluding tert-OH is 1. The molecule has 0 unspecified atom stereocenters. The number of ether oxygens (including phenoxy) is 1. The number of aromatic nitrogens is 3. The topological polar surface area (TPSA) is 72.2 Å². The van der Waals surface area contributed by atoms with Gasteiger partial charge in [0.1, 0.15) is 29.6 Å². The molecular formula is C21H22BrFN4O2. The van der Waals surface area contributed by atoms with Crippen LogP contribution in [0.4, 0.5) is 4.39 Å². The highest BCUT2D eigenvalue weighted by atomic mass is 79.9. The molecule has 1 aliphatic carbocycles. The molecule has 2 aromatic heterocycles. The number of rotatable bonds is 3. The van der Waals surface area contributed by atoms with E-state index >= 15 is 0 Å². The third-order valence-electron chi connectivity index (χ3n) is 6.08. The van der Waals surface area contributed by atoms with Crippen molar-refractivity contribution in [2.45, 2.75) is 51.0 Å². The fourth-order valence-corrected chi connectivity index (χ4v) is 4.99. The lowest BCUT2D eigenvalue weighted by Crippen LogP contribution is -2.29. The zero-order chi connectivity index (χ0) is 20.1. The average molecular weight is 461 g/mol. The summed E-state index contributed by atoms with van der Waals surface area (Å²) in [5.41, 5.74) is 3.36. The molecule has 1 saturated carbocycles. The van der Waals surface area contributed by atoms with E-state index in [0.717, 1.165) is 28.8 Å². The van der Waals surface area contributed by atoms with Crippen molar-refractivity contribution in [3.8, 4) is 5.75 Å². The number of benzene rings is 1. The van der Waals surface area contributed by atoms with Crippen LogP contribution >= 0.6 is 15.9 Å². The summed E-state index contributed by atoms with van der Waals surface area (Å²) in [6, 6.07) is 3.78. The van der Waals surface area contributed by atoms with Crippen LogP contribution in [-0.2, 0) is 13.0 Å². The van der Waals surface area contributed by atoms with Gasteiger partial charge in [0.15, 0.2) is 0 Å². The first-order chi connectivity index (χ1) is 14.0. The van der Waals surface area contributed by atoms with E-state index < -0.39 is 6.10 Å². The first-order valence-corrected chi connectivity index (χ1v) is 10.7. The van der Waals surface area contributed by atoms with E-state index in [9.17, 15) is 9.50 Å². The Morgan fingerprint density at radius 2 is 2.17 bits per heavy atom. The van der Waals surface area contributed by atoms with Crippen molar-refractivity contribution in [3.63, 3.8) is 0 Å². The Morgan fingerprint density at radius 1 is 1.31 bits per heavy atom. The Balaban J connectivity index is 1.42. The summed E-state index contributed by atoms with van der Waals surface area (Å²) >= 11 is 3.31. The van der Waals surface area contributed by atoms with Crippen molar-refractivity contribution in [2.24, 2.45) is 0 Å². The van der Waals surface area contributed by atoms with Crippen LogP contribution in [0.3, 0.4) is 0 Å². The molecule has 8 heteroatoms. The number of nitrogens with zero attached hydrogens (tertiary/aromatic N) is 3. The van der Waals surface area contributed by atoms with Crippen LogP contribution in [0.15, 0.2) is 29.1 Å². The molecule has 2 aliphatic rings. The molecule has 0 saturated heterocycles. The summed E-state index contributed by atoms with van der Waals surface area (Å²) in [7, 11) is 0. The van der Waals surface area contributed by atoms with Gasteiger partial charge < -0.3 is 19.7 Å². The molecule has 3 aromatic rings. The Kier molecular flexibility index (Phi) is 4.80. The Labute approximate surface area is 176 Å². The van der Waals surface area contributed by atoms with Crippen LogP contribution < -0.4 is 10.1 Å². The second kappa shape index (κ2) is 7.34. The minimum atomic E-state index is -0.601. The van der Waals surface area contributed by atoms with Crippen LogP contribution in [-0.4, -0.2) is 38.4 Å². The molecule has 1 aromatic carbocycles. The molecule has 0 radical (unpaired) electrons. The molecule has 152 valence electrons. The fourth-order valence-electron chi connectivity index (χ4n) is 4.54. The second-order valence-corrected chi connectivity index (χ2v) is 8.68. The number of halogens is 2. The van der Waals surface area contributed by atoms with E-state index in [4.69, 9.17) is 4.74 Å². The highest BCUT2D eigenvalue weighted by Gasteiger charge is 2.37. The minimum Gasteiger partial charge on any atom is -0.487 e. The van der Waals surface area contributed by atoms with Crippen molar-refractivity contribution >= 4 is 27.0 Å². The van der Waals surface area contributed by atoms with Crippen molar-refractivity contribution in [3.05, 3.63) is 51.8 Å². The zero-order valence-electron chi connectivity index (χ0n) is 16.0. The first-order valence-electron chi connectivity index (χ1n) is 9.86. The molecule has 0 amide bonds. The van der Waals surface area contributed by atoms with Gasteiger partial charge in [-0.3, -0.25) is 0 Å². The van der Waals surface area contributed by atoms with E-state index in [1.165, 1.54) is 0 Å². The maximum absolute atomic E-state index is 14.5. The van der Waals surface area contributed by atoms with Crippen molar-refractivity contribution < 1.29 is 14.2 Å². The predicted molar refractivity (Wildman–Crippen MR) is 110 cm³/mol. The van der Waals surface area contributed by atoms with E-state index in [0.29, 0.717) is 41.6 Å². The molecule has 6 nitrogen and oxygen atoms in total. The van der Waals surface area contributed by atoms with Crippen LogP contribution in [0.2, 0.25) is 0 Å². The van der Waals surface area contributed by atoms with Gasteiger partial charge in [0, 0.05) is 36.2 Å². The maximum atomic E-state index is 14.5. The highest BCUT2D eigenvalue weighted by Crippen LogP contribution is 2.39. The van der Waals surface area contributed by atoms with Crippen LogP contribution in [0.1, 0.15) is 35.7 Å². The van der Waals surface area contributed by atoms with Gasteiger partial charge in [-0.25, -0.2) is 14.4 Å². The summed E-state index contributed by atoms with van der Waals surface area (Å²) in [6.07, 6.45) is 4.49. The van der Waals surface area contributed by atoms with Gasteiger partial charge in [-0.2, -0.15) is 0 Å². The fraction of sp³-hybridized carbons (Fsp3) is 0.429. The summed E-state index contributed by atoms with van der Waals surface area (Å²) in [5, 5.41) is 15.0. The zero-order valence-corrected chi connectivity index (χ0v) is 17.6. The normalized spacial score (nSPS) is 24.1. The van der Waals surface area contributed by atoms with Crippen LogP contribution in [0.5, 0.6) is 5.75 Å². The van der Waals surface area contributed by atoms with Gasteiger partial charge in [0.05, 0.1) is 16.3 Å². The van der Waals surface area contributed by atoms with Gasteiger partial charge in [-0.05, 0) is 59.9 Å². The third-order valence-corrected chi connectivity index (χ3v) is 6.65. The van der Waals surface area contributed by atoms with Gasteiger partial charge in [-0.15, -0.1) is 0 Å². The smallest absolute Gasteiger partial charge is 0.143 e. The minimum absolute atomic E-state index is 0.0830. The lowest BCUT2D eigenvalue weighted by molar-refractivity contribution is 0.0594. The quantitative estimate of drug-likeness (QED) is 0.626. The SMILES string of the molecule is Cc1ncnc2c1ccn2[C@@H]1C[C@H](Oc2cc(Br)c(F)c3c2CNCC3)[C@@H](O)C1. The Bertz CT molecular complexity index is 1090. The molecule has 0 spiro atoms. The average Bonchev–Trinajstić information content (AvgIpc) is 3.30. The number of nitrogens with one attached hydrogen (secondary N) is 1. The third kappa shape index (κ3) is 3.23. The van der Waals surface area contributed by atoms with Crippen LogP contribution in [0, 0.1) is 12.7 Å². The molecule has 29 heavy (non-hydrogen) atoms. The number of fused-ring (bicyclic) bond motifs is 2. The Hall–Kier alpha value is -2.03. The second-order valence-electron chi connectivity index (χ2n) is 7.82. The standard InChI is InChI=1S/C21H22BrFN4O2/c1-11-13-3-5-27(21(13)26-10-25-11)12-6-17(28)19(7-12)29-18-8-16(22)20(23)14-2-4-24-9-15(14)18/h3,5,8,10,12,17,19,24,28H,2,4,6-7,9H2,1H3/t12-,17-,19-/m0/s1. The van der Waals surface area contributed by atoms with Gasteiger partial charge in [0.2, 0.25) is 0 Å². The lowest BCUT2D eigenvalue weighted by atomic mass is 9.99. The number of hydrogen-bond acceptors (Lipinski definition) is 5. The molecule has 0 bridgehead atoms. The van der Waals surface area contributed by atoms with Crippen molar-refractivity contribution in [1.29, 1.82) is 0 Å². The Morgan fingerprint density at radius 3 is 3.03 bits per heavy atom. The molecule has 3 atom stereocenters. The summed E-state index contributed by atoms with van der Waals surface area (Å²) < 4.78 is 23.2. The van der Waals surface area contributed by atoms with E-state index in [1.807, 2.05) is 19.2 Å². The van der Waals surface area contributed by atoms with E-state index in [2.05, 4.69) is 35.8 Å². The number of aryl methyl sites for hydroxylation is 1. The summed E-state index contributed by atoms with van der Waals surface area (Å²) in [5.74, 6) is 0.424. The summed E-state index contributed by atoms with van der Waals surface area (Å²) in [4.78, 5) is 8.68. The maximum Gasteiger partial charge on any atom is 0.143 e. The lowest BCUT2D eigenvalue weighted by Gasteiger charge is -2.25. The van der Waals surface area contributed by atoms with E-state index in [-0.39, 0.29) is 18.0 Å². The largest absolute Gasteiger partial charge is 0.487 e. The molecule has 2 N–H and O–H groups in total.